The molecule has 3 rings (SSSR count). The SMILES string of the molecule is CS(=O)(=O)NC1CCCN(c2ncnc3sccc23)C1. The number of nitrogens with one attached hydrogen (secondary N) is 1. The first kappa shape index (κ1) is 13.7. The van der Waals surface area contributed by atoms with E-state index in [1.54, 1.807) is 17.7 Å². The lowest BCUT2D eigenvalue weighted by atomic mass is 10.1. The summed E-state index contributed by atoms with van der Waals surface area (Å²) in [4.78, 5) is 11.7. The van der Waals surface area contributed by atoms with E-state index in [9.17, 15) is 8.42 Å². The second-order valence-electron chi connectivity index (χ2n) is 5.01. The zero-order valence-corrected chi connectivity index (χ0v) is 12.7. The Morgan fingerprint density at radius 2 is 2.30 bits per heavy atom. The zero-order chi connectivity index (χ0) is 14.2. The first-order valence-corrected chi connectivity index (χ1v) is 9.20. The quantitative estimate of drug-likeness (QED) is 0.922. The van der Waals surface area contributed by atoms with Crippen LogP contribution in [0.25, 0.3) is 10.2 Å². The van der Waals surface area contributed by atoms with E-state index >= 15 is 0 Å². The smallest absolute Gasteiger partial charge is 0.209 e. The molecule has 8 heteroatoms. The predicted octanol–water partition coefficient (Wildman–Crippen LogP) is 1.21. The van der Waals surface area contributed by atoms with Gasteiger partial charge in [0.25, 0.3) is 0 Å². The standard InChI is InChI=1S/C12H16N4O2S2/c1-20(17,18)15-9-3-2-5-16(7-9)11-10-4-6-19-12(10)14-8-13-11/h4,6,8-9,15H,2-3,5,7H2,1H3. The summed E-state index contributed by atoms with van der Waals surface area (Å²) in [6.45, 7) is 1.54. The van der Waals surface area contributed by atoms with E-state index in [2.05, 4.69) is 19.6 Å². The number of sulfonamides is 1. The number of hydrogen-bond donors (Lipinski definition) is 1. The zero-order valence-electron chi connectivity index (χ0n) is 11.1. The molecule has 108 valence electrons. The van der Waals surface area contributed by atoms with Crippen LogP contribution in [0.2, 0.25) is 0 Å². The normalized spacial score (nSPS) is 20.4. The van der Waals surface area contributed by atoms with Gasteiger partial charge in [0.15, 0.2) is 0 Å². The summed E-state index contributed by atoms with van der Waals surface area (Å²) in [6.07, 6.45) is 4.58. The van der Waals surface area contributed by atoms with Crippen molar-refractivity contribution < 1.29 is 8.42 Å². The summed E-state index contributed by atoms with van der Waals surface area (Å²) in [5.74, 6) is 0.899. The number of hydrogen-bond acceptors (Lipinski definition) is 6. The Kier molecular flexibility index (Phi) is 3.61. The van der Waals surface area contributed by atoms with Crippen molar-refractivity contribution in [3.63, 3.8) is 0 Å². The van der Waals surface area contributed by atoms with E-state index in [-0.39, 0.29) is 6.04 Å². The molecule has 1 saturated heterocycles. The lowest BCUT2D eigenvalue weighted by molar-refractivity contribution is 0.466. The molecule has 0 amide bonds. The maximum absolute atomic E-state index is 11.4. The first-order valence-electron chi connectivity index (χ1n) is 6.43. The molecule has 1 unspecified atom stereocenters. The van der Waals surface area contributed by atoms with Crippen LogP contribution in [0.1, 0.15) is 12.8 Å². The second-order valence-corrected chi connectivity index (χ2v) is 7.69. The molecule has 1 aliphatic heterocycles. The van der Waals surface area contributed by atoms with Crippen molar-refractivity contribution in [1.82, 2.24) is 14.7 Å². The van der Waals surface area contributed by atoms with Gasteiger partial charge in [-0.05, 0) is 24.3 Å². The van der Waals surface area contributed by atoms with Crippen LogP contribution in [0, 0.1) is 0 Å². The summed E-state index contributed by atoms with van der Waals surface area (Å²) >= 11 is 1.59. The third-order valence-electron chi connectivity index (χ3n) is 3.34. The van der Waals surface area contributed by atoms with Crippen LogP contribution in [-0.2, 0) is 10.0 Å². The van der Waals surface area contributed by atoms with Crippen molar-refractivity contribution in [3.05, 3.63) is 17.8 Å². The van der Waals surface area contributed by atoms with Crippen molar-refractivity contribution in [2.45, 2.75) is 18.9 Å². The van der Waals surface area contributed by atoms with Gasteiger partial charge in [0.1, 0.15) is 17.0 Å². The van der Waals surface area contributed by atoms with Gasteiger partial charge in [0.2, 0.25) is 10.0 Å². The van der Waals surface area contributed by atoms with Crippen molar-refractivity contribution in [2.24, 2.45) is 0 Å². The number of aromatic nitrogens is 2. The van der Waals surface area contributed by atoms with Gasteiger partial charge in [-0.25, -0.2) is 23.1 Å². The van der Waals surface area contributed by atoms with Gasteiger partial charge in [0.05, 0.1) is 11.6 Å². The lowest BCUT2D eigenvalue weighted by Crippen LogP contribution is -2.47. The van der Waals surface area contributed by atoms with Crippen LogP contribution in [-0.4, -0.2) is 43.8 Å². The molecule has 1 N–H and O–H groups in total. The molecule has 1 fully saturated rings. The molecular formula is C12H16N4O2S2. The van der Waals surface area contributed by atoms with Crippen LogP contribution in [0.3, 0.4) is 0 Å². The molecule has 1 atom stereocenters. The van der Waals surface area contributed by atoms with Crippen LogP contribution < -0.4 is 9.62 Å². The van der Waals surface area contributed by atoms with E-state index in [0.29, 0.717) is 6.54 Å². The molecule has 0 saturated carbocycles. The molecule has 0 aromatic carbocycles. The van der Waals surface area contributed by atoms with Gasteiger partial charge in [-0.2, -0.15) is 0 Å². The topological polar surface area (TPSA) is 75.2 Å². The van der Waals surface area contributed by atoms with Crippen LogP contribution in [0.15, 0.2) is 17.8 Å². The molecule has 0 aliphatic carbocycles. The number of rotatable bonds is 3. The number of anilines is 1. The highest BCUT2D eigenvalue weighted by Crippen LogP contribution is 2.28. The van der Waals surface area contributed by atoms with Gasteiger partial charge in [-0.3, -0.25) is 0 Å². The van der Waals surface area contributed by atoms with Gasteiger partial charge < -0.3 is 4.90 Å². The van der Waals surface area contributed by atoms with Crippen LogP contribution in [0.4, 0.5) is 5.82 Å². The number of piperidine rings is 1. The average Bonchev–Trinajstić information content (AvgIpc) is 2.85. The molecular weight excluding hydrogens is 296 g/mol. The molecule has 2 aromatic heterocycles. The summed E-state index contributed by atoms with van der Waals surface area (Å²) in [5.41, 5.74) is 0. The second kappa shape index (κ2) is 5.27. The maximum atomic E-state index is 11.4. The van der Waals surface area contributed by atoms with Gasteiger partial charge >= 0.3 is 0 Å². The van der Waals surface area contributed by atoms with Crippen molar-refractivity contribution in [2.75, 3.05) is 24.2 Å². The summed E-state index contributed by atoms with van der Waals surface area (Å²) in [6, 6.07) is 1.96. The summed E-state index contributed by atoms with van der Waals surface area (Å²) < 4.78 is 25.4. The van der Waals surface area contributed by atoms with Crippen molar-refractivity contribution >= 4 is 37.4 Å². The predicted molar refractivity (Wildman–Crippen MR) is 80.6 cm³/mol. The number of fused-ring (bicyclic) bond motifs is 1. The van der Waals surface area contributed by atoms with E-state index < -0.39 is 10.0 Å². The Balaban J connectivity index is 1.85. The Hall–Kier alpha value is -1.25. The van der Waals surface area contributed by atoms with Crippen molar-refractivity contribution in [1.29, 1.82) is 0 Å². The molecule has 0 spiro atoms. The Labute approximate surface area is 121 Å². The molecule has 0 radical (unpaired) electrons. The molecule has 2 aromatic rings. The summed E-state index contributed by atoms with van der Waals surface area (Å²) in [7, 11) is -3.17. The fourth-order valence-electron chi connectivity index (χ4n) is 2.60. The monoisotopic (exact) mass is 312 g/mol. The highest BCUT2D eigenvalue weighted by Gasteiger charge is 2.24. The van der Waals surface area contributed by atoms with Crippen LogP contribution in [0.5, 0.6) is 0 Å². The Bertz CT molecular complexity index is 713. The maximum Gasteiger partial charge on any atom is 0.209 e. The third kappa shape index (κ3) is 2.92. The molecule has 1 aliphatic rings. The van der Waals surface area contributed by atoms with Gasteiger partial charge in [-0.1, -0.05) is 0 Å². The van der Waals surface area contributed by atoms with Gasteiger partial charge in [-0.15, -0.1) is 11.3 Å². The lowest BCUT2D eigenvalue weighted by Gasteiger charge is -2.33. The summed E-state index contributed by atoms with van der Waals surface area (Å²) in [5, 5.41) is 3.04. The Morgan fingerprint density at radius 3 is 3.10 bits per heavy atom. The fourth-order valence-corrected chi connectivity index (χ4v) is 4.12. The van der Waals surface area contributed by atoms with Crippen molar-refractivity contribution in [3.8, 4) is 0 Å². The molecule has 0 bridgehead atoms. The van der Waals surface area contributed by atoms with E-state index in [4.69, 9.17) is 0 Å². The Morgan fingerprint density at radius 1 is 1.45 bits per heavy atom. The van der Waals surface area contributed by atoms with Gasteiger partial charge in [0, 0.05) is 19.1 Å². The number of thiophene rings is 1. The van der Waals surface area contributed by atoms with E-state index in [1.165, 1.54) is 6.26 Å². The first-order chi connectivity index (χ1) is 9.53. The minimum atomic E-state index is -3.17. The fraction of sp³-hybridized carbons (Fsp3) is 0.500. The average molecular weight is 312 g/mol. The van der Waals surface area contributed by atoms with E-state index in [1.807, 2.05) is 11.4 Å². The number of nitrogens with zero attached hydrogens (tertiary/aromatic N) is 3. The van der Waals surface area contributed by atoms with Crippen LogP contribution >= 0.6 is 11.3 Å². The minimum absolute atomic E-state index is 0.0533. The largest absolute Gasteiger partial charge is 0.354 e. The molecule has 20 heavy (non-hydrogen) atoms. The van der Waals surface area contributed by atoms with E-state index in [0.717, 1.165) is 35.4 Å². The third-order valence-corrected chi connectivity index (χ3v) is 4.92. The highest BCUT2D eigenvalue weighted by atomic mass is 32.2. The molecule has 6 nitrogen and oxygen atoms in total. The highest BCUT2D eigenvalue weighted by molar-refractivity contribution is 7.88. The molecule has 3 heterocycles. The minimum Gasteiger partial charge on any atom is -0.354 e.